The summed E-state index contributed by atoms with van der Waals surface area (Å²) in [5, 5.41) is 3.00. The second-order valence-electron chi connectivity index (χ2n) is 4.46. The van der Waals surface area contributed by atoms with Gasteiger partial charge < -0.3 is 10.2 Å². The molecule has 0 atom stereocenters. The SMILES string of the molecule is FC(F)(F)SCCNc1ccc(N2CCCC2)cc1. The van der Waals surface area contributed by atoms with Crippen LogP contribution in [0.4, 0.5) is 24.5 Å². The van der Waals surface area contributed by atoms with E-state index in [1.165, 1.54) is 18.5 Å². The van der Waals surface area contributed by atoms with Gasteiger partial charge in [-0.2, -0.15) is 13.2 Å². The van der Waals surface area contributed by atoms with Crippen molar-refractivity contribution in [3.05, 3.63) is 24.3 Å². The summed E-state index contributed by atoms with van der Waals surface area (Å²) in [6, 6.07) is 7.88. The van der Waals surface area contributed by atoms with Gasteiger partial charge >= 0.3 is 5.51 Å². The normalized spacial score (nSPS) is 15.8. The molecule has 106 valence electrons. The number of thioether (sulfide) groups is 1. The molecule has 1 fully saturated rings. The smallest absolute Gasteiger partial charge is 0.384 e. The van der Waals surface area contributed by atoms with Crippen molar-refractivity contribution in [3.63, 3.8) is 0 Å². The van der Waals surface area contributed by atoms with Gasteiger partial charge in [0, 0.05) is 36.8 Å². The standard InChI is InChI=1S/C13H17F3N2S/c14-13(15,16)19-10-7-17-11-3-5-12(6-4-11)18-8-1-2-9-18/h3-6,17H,1-2,7-10H2. The van der Waals surface area contributed by atoms with Gasteiger partial charge in [-0.05, 0) is 48.9 Å². The van der Waals surface area contributed by atoms with E-state index in [-0.39, 0.29) is 17.5 Å². The first-order chi connectivity index (χ1) is 9.04. The van der Waals surface area contributed by atoms with Crippen LogP contribution in [0.25, 0.3) is 0 Å². The van der Waals surface area contributed by atoms with E-state index in [0.717, 1.165) is 18.8 Å². The molecular weight excluding hydrogens is 273 g/mol. The summed E-state index contributed by atoms with van der Waals surface area (Å²) >= 11 is 0.00564. The summed E-state index contributed by atoms with van der Waals surface area (Å²) in [5.41, 5.74) is -2.08. The maximum absolute atomic E-state index is 11.9. The number of alkyl halides is 3. The van der Waals surface area contributed by atoms with Crippen LogP contribution in [0, 0.1) is 0 Å². The first kappa shape index (κ1) is 14.4. The molecule has 6 heteroatoms. The molecule has 2 nitrogen and oxygen atoms in total. The van der Waals surface area contributed by atoms with Crippen LogP contribution in [0.2, 0.25) is 0 Å². The summed E-state index contributed by atoms with van der Waals surface area (Å²) < 4.78 is 35.8. The lowest BCUT2D eigenvalue weighted by molar-refractivity contribution is -0.0327. The molecule has 0 spiro atoms. The molecule has 1 aliphatic heterocycles. The zero-order chi connectivity index (χ0) is 13.7. The Kier molecular flexibility index (Phi) is 4.85. The third-order valence-electron chi connectivity index (χ3n) is 3.04. The van der Waals surface area contributed by atoms with Crippen LogP contribution in [-0.2, 0) is 0 Å². The Morgan fingerprint density at radius 3 is 2.32 bits per heavy atom. The molecule has 0 bridgehead atoms. The zero-order valence-electron chi connectivity index (χ0n) is 10.5. The highest BCUT2D eigenvalue weighted by molar-refractivity contribution is 8.00. The van der Waals surface area contributed by atoms with Gasteiger partial charge in [0.2, 0.25) is 0 Å². The highest BCUT2D eigenvalue weighted by Crippen LogP contribution is 2.29. The summed E-state index contributed by atoms with van der Waals surface area (Å²) in [5.74, 6) is 0.0252. The average molecular weight is 290 g/mol. The van der Waals surface area contributed by atoms with Crippen LogP contribution in [0.1, 0.15) is 12.8 Å². The summed E-state index contributed by atoms with van der Waals surface area (Å²) in [6.07, 6.45) is 2.46. The van der Waals surface area contributed by atoms with Crippen molar-refractivity contribution in [2.45, 2.75) is 18.3 Å². The molecule has 0 radical (unpaired) electrons. The minimum atomic E-state index is -4.14. The Morgan fingerprint density at radius 2 is 1.74 bits per heavy atom. The molecule has 0 amide bonds. The molecule has 1 aromatic rings. The molecule has 0 unspecified atom stereocenters. The molecule has 1 N–H and O–H groups in total. The molecule has 0 aliphatic carbocycles. The molecule has 0 saturated carbocycles. The van der Waals surface area contributed by atoms with Crippen molar-refractivity contribution in [1.29, 1.82) is 0 Å². The van der Waals surface area contributed by atoms with E-state index in [0.29, 0.717) is 6.54 Å². The maximum atomic E-state index is 11.9. The Balaban J connectivity index is 1.75. The number of nitrogens with one attached hydrogen (secondary N) is 1. The van der Waals surface area contributed by atoms with E-state index < -0.39 is 5.51 Å². The highest BCUT2D eigenvalue weighted by atomic mass is 32.2. The van der Waals surface area contributed by atoms with Crippen LogP contribution in [0.15, 0.2) is 24.3 Å². The minimum absolute atomic E-state index is 0.00564. The molecule has 1 aromatic carbocycles. The number of hydrogen-bond donors (Lipinski definition) is 1. The second-order valence-corrected chi connectivity index (χ2v) is 5.62. The van der Waals surface area contributed by atoms with Gasteiger partial charge in [-0.15, -0.1) is 0 Å². The van der Waals surface area contributed by atoms with Gasteiger partial charge in [0.25, 0.3) is 0 Å². The molecule has 1 saturated heterocycles. The number of nitrogens with zero attached hydrogens (tertiary/aromatic N) is 1. The Bertz CT molecular complexity index is 386. The van der Waals surface area contributed by atoms with Crippen molar-refractivity contribution >= 4 is 23.1 Å². The number of halogens is 3. The third-order valence-corrected chi connectivity index (χ3v) is 3.77. The van der Waals surface area contributed by atoms with Crippen LogP contribution in [0.3, 0.4) is 0 Å². The fraction of sp³-hybridized carbons (Fsp3) is 0.538. The van der Waals surface area contributed by atoms with E-state index >= 15 is 0 Å². The maximum Gasteiger partial charge on any atom is 0.441 e. The van der Waals surface area contributed by atoms with Gasteiger partial charge in [0.15, 0.2) is 0 Å². The molecule has 19 heavy (non-hydrogen) atoms. The van der Waals surface area contributed by atoms with Crippen molar-refractivity contribution < 1.29 is 13.2 Å². The number of benzene rings is 1. The first-order valence-electron chi connectivity index (χ1n) is 6.34. The zero-order valence-corrected chi connectivity index (χ0v) is 11.4. The lowest BCUT2D eigenvalue weighted by atomic mass is 10.2. The molecule has 1 heterocycles. The Hall–Kier alpha value is -1.04. The van der Waals surface area contributed by atoms with Crippen LogP contribution in [0.5, 0.6) is 0 Å². The lowest BCUT2D eigenvalue weighted by Crippen LogP contribution is -2.17. The van der Waals surface area contributed by atoms with E-state index in [9.17, 15) is 13.2 Å². The summed E-state index contributed by atoms with van der Waals surface area (Å²) in [4.78, 5) is 2.32. The number of rotatable bonds is 5. The quantitative estimate of drug-likeness (QED) is 0.827. The monoisotopic (exact) mass is 290 g/mol. The first-order valence-corrected chi connectivity index (χ1v) is 7.33. The molecular formula is C13H17F3N2S. The summed E-state index contributed by atoms with van der Waals surface area (Å²) in [7, 11) is 0. The number of hydrogen-bond acceptors (Lipinski definition) is 3. The van der Waals surface area contributed by atoms with Crippen LogP contribution < -0.4 is 10.2 Å². The Morgan fingerprint density at radius 1 is 1.11 bits per heavy atom. The lowest BCUT2D eigenvalue weighted by Gasteiger charge is -2.18. The van der Waals surface area contributed by atoms with Crippen molar-refractivity contribution in [2.24, 2.45) is 0 Å². The predicted octanol–water partition coefficient (Wildman–Crippen LogP) is 3.95. The van der Waals surface area contributed by atoms with Crippen LogP contribution >= 0.6 is 11.8 Å². The third kappa shape index (κ3) is 4.86. The minimum Gasteiger partial charge on any atom is -0.384 e. The van der Waals surface area contributed by atoms with Crippen LogP contribution in [-0.4, -0.2) is 30.9 Å². The fourth-order valence-corrected chi connectivity index (χ4v) is 2.56. The molecule has 0 aromatic heterocycles. The second kappa shape index (κ2) is 6.41. The van der Waals surface area contributed by atoms with Gasteiger partial charge in [0.05, 0.1) is 0 Å². The van der Waals surface area contributed by atoms with E-state index in [2.05, 4.69) is 10.2 Å². The highest BCUT2D eigenvalue weighted by Gasteiger charge is 2.27. The number of anilines is 2. The van der Waals surface area contributed by atoms with Gasteiger partial charge in [-0.25, -0.2) is 0 Å². The predicted molar refractivity (Wildman–Crippen MR) is 74.9 cm³/mol. The van der Waals surface area contributed by atoms with E-state index in [1.807, 2.05) is 24.3 Å². The average Bonchev–Trinajstić information content (AvgIpc) is 2.88. The van der Waals surface area contributed by atoms with E-state index in [4.69, 9.17) is 0 Å². The topological polar surface area (TPSA) is 15.3 Å². The fourth-order valence-electron chi connectivity index (χ4n) is 2.13. The van der Waals surface area contributed by atoms with Gasteiger partial charge in [-0.1, -0.05) is 0 Å². The van der Waals surface area contributed by atoms with Crippen molar-refractivity contribution in [3.8, 4) is 0 Å². The van der Waals surface area contributed by atoms with Crippen molar-refractivity contribution in [1.82, 2.24) is 0 Å². The Labute approximate surface area is 115 Å². The summed E-state index contributed by atoms with van der Waals surface area (Å²) in [6.45, 7) is 2.50. The van der Waals surface area contributed by atoms with Gasteiger partial charge in [-0.3, -0.25) is 0 Å². The van der Waals surface area contributed by atoms with Gasteiger partial charge in [0.1, 0.15) is 0 Å². The molecule has 2 rings (SSSR count). The van der Waals surface area contributed by atoms with Crippen molar-refractivity contribution in [2.75, 3.05) is 35.6 Å². The van der Waals surface area contributed by atoms with E-state index in [1.54, 1.807) is 0 Å². The largest absolute Gasteiger partial charge is 0.441 e. The molecule has 1 aliphatic rings.